The molecule has 2 aliphatic heterocycles. The maximum absolute atomic E-state index is 11.5. The third-order valence-corrected chi connectivity index (χ3v) is 8.20. The first-order chi connectivity index (χ1) is 19.3. The van der Waals surface area contributed by atoms with Gasteiger partial charge in [0.25, 0.3) is 5.69 Å². The summed E-state index contributed by atoms with van der Waals surface area (Å²) in [7, 11) is 0. The van der Waals surface area contributed by atoms with Crippen molar-refractivity contribution in [1.29, 1.82) is 10.5 Å². The van der Waals surface area contributed by atoms with Crippen LogP contribution < -0.4 is 4.90 Å². The van der Waals surface area contributed by atoms with Crippen molar-refractivity contribution in [2.75, 3.05) is 4.90 Å². The van der Waals surface area contributed by atoms with Gasteiger partial charge in [0.05, 0.1) is 40.4 Å². The van der Waals surface area contributed by atoms with Crippen LogP contribution in [0, 0.1) is 52.0 Å². The lowest BCUT2D eigenvalue weighted by molar-refractivity contribution is -0.384. The summed E-state index contributed by atoms with van der Waals surface area (Å²) in [6, 6.07) is 30.1. The average Bonchev–Trinajstić information content (AvgIpc) is 3.25. The number of nitro groups is 1. The van der Waals surface area contributed by atoms with E-state index in [1.54, 1.807) is 6.07 Å². The SMILES string of the molecule is Cc1cccc(C)c1N=C1C(c2ccc([N+](=O)[O-])c(Cl)c2)C(C#N)(C#N)C2c3ccccc3-c3ccccc3N12. The number of nitro benzene ring substituents is 1. The molecule has 6 rings (SSSR count). The second-order valence-electron chi connectivity index (χ2n) is 10.1. The fourth-order valence-electron chi connectivity index (χ4n) is 6.13. The van der Waals surface area contributed by atoms with Crippen LogP contribution in [0.3, 0.4) is 0 Å². The Labute approximate surface area is 236 Å². The van der Waals surface area contributed by atoms with E-state index < -0.39 is 22.3 Å². The van der Waals surface area contributed by atoms with Crippen LogP contribution in [0.25, 0.3) is 11.1 Å². The van der Waals surface area contributed by atoms with Gasteiger partial charge in [0.1, 0.15) is 10.9 Å². The Morgan fingerprint density at radius 3 is 2.23 bits per heavy atom. The van der Waals surface area contributed by atoms with Crippen molar-refractivity contribution in [3.8, 4) is 23.3 Å². The molecule has 0 amide bonds. The van der Waals surface area contributed by atoms with Crippen LogP contribution in [-0.2, 0) is 0 Å². The average molecular weight is 544 g/mol. The van der Waals surface area contributed by atoms with E-state index in [1.807, 2.05) is 85.5 Å². The molecule has 0 spiro atoms. The molecule has 7 nitrogen and oxygen atoms in total. The second kappa shape index (κ2) is 9.34. The molecule has 4 aromatic carbocycles. The number of aliphatic imine (C=N–C) groups is 1. The summed E-state index contributed by atoms with van der Waals surface area (Å²) in [5.41, 5.74) is 4.87. The van der Waals surface area contributed by atoms with Gasteiger partial charge in [-0.05, 0) is 53.8 Å². The fraction of sp³-hybridized carbons (Fsp3) is 0.156. The van der Waals surface area contributed by atoms with Crippen molar-refractivity contribution in [3.05, 3.63) is 122 Å². The molecule has 2 unspecified atom stereocenters. The van der Waals surface area contributed by atoms with Crippen molar-refractivity contribution in [2.24, 2.45) is 10.4 Å². The minimum absolute atomic E-state index is 0.0654. The van der Waals surface area contributed by atoms with Crippen LogP contribution in [-0.4, -0.2) is 10.8 Å². The van der Waals surface area contributed by atoms with Crippen LogP contribution in [0.5, 0.6) is 0 Å². The summed E-state index contributed by atoms with van der Waals surface area (Å²) in [6.45, 7) is 3.94. The first-order valence-corrected chi connectivity index (χ1v) is 13.1. The number of nitrogens with zero attached hydrogens (tertiary/aromatic N) is 5. The molecular formula is C32H22ClN5O2. The van der Waals surface area contributed by atoms with E-state index in [-0.39, 0.29) is 10.7 Å². The maximum atomic E-state index is 11.5. The van der Waals surface area contributed by atoms with Crippen LogP contribution in [0.2, 0.25) is 5.02 Å². The number of rotatable bonds is 3. The van der Waals surface area contributed by atoms with E-state index in [0.717, 1.165) is 39.2 Å². The molecule has 2 aliphatic rings. The van der Waals surface area contributed by atoms with E-state index in [1.165, 1.54) is 12.1 Å². The Balaban J connectivity index is 1.74. The van der Waals surface area contributed by atoms with Crippen molar-refractivity contribution in [2.45, 2.75) is 25.8 Å². The second-order valence-corrected chi connectivity index (χ2v) is 10.5. The van der Waals surface area contributed by atoms with Gasteiger partial charge in [0, 0.05) is 11.6 Å². The number of amidine groups is 1. The predicted molar refractivity (Wildman–Crippen MR) is 155 cm³/mol. The molecule has 4 aromatic rings. The van der Waals surface area contributed by atoms with Crippen molar-refractivity contribution >= 4 is 34.5 Å². The summed E-state index contributed by atoms with van der Waals surface area (Å²) in [5, 5.41) is 33.2. The van der Waals surface area contributed by atoms with Gasteiger partial charge < -0.3 is 4.90 Å². The molecule has 0 N–H and O–H groups in total. The van der Waals surface area contributed by atoms with E-state index >= 15 is 0 Å². The van der Waals surface area contributed by atoms with Crippen molar-refractivity contribution in [3.63, 3.8) is 0 Å². The van der Waals surface area contributed by atoms with Gasteiger partial charge >= 0.3 is 0 Å². The molecule has 40 heavy (non-hydrogen) atoms. The van der Waals surface area contributed by atoms with Crippen LogP contribution in [0.1, 0.15) is 34.2 Å². The highest BCUT2D eigenvalue weighted by atomic mass is 35.5. The summed E-state index contributed by atoms with van der Waals surface area (Å²) in [6.07, 6.45) is 0. The Morgan fingerprint density at radius 2 is 1.57 bits per heavy atom. The van der Waals surface area contributed by atoms with E-state index in [9.17, 15) is 20.6 Å². The number of para-hydroxylation sites is 2. The third-order valence-electron chi connectivity index (χ3n) is 7.90. The number of hydrogen-bond acceptors (Lipinski definition) is 5. The lowest BCUT2D eigenvalue weighted by Gasteiger charge is -2.37. The van der Waals surface area contributed by atoms with Gasteiger partial charge in [-0.3, -0.25) is 10.1 Å². The largest absolute Gasteiger partial charge is 0.318 e. The molecule has 194 valence electrons. The van der Waals surface area contributed by atoms with Crippen molar-refractivity contribution < 1.29 is 4.92 Å². The first-order valence-electron chi connectivity index (χ1n) is 12.7. The summed E-state index contributed by atoms with van der Waals surface area (Å²) in [4.78, 5) is 18.2. The highest BCUT2D eigenvalue weighted by Crippen LogP contribution is 2.62. The quantitative estimate of drug-likeness (QED) is 0.192. The molecule has 8 heteroatoms. The van der Waals surface area contributed by atoms with Crippen LogP contribution in [0.15, 0.2) is 89.9 Å². The summed E-state index contributed by atoms with van der Waals surface area (Å²) < 4.78 is 0. The number of aryl methyl sites for hydroxylation is 2. The number of hydrogen-bond donors (Lipinski definition) is 0. The van der Waals surface area contributed by atoms with Gasteiger partial charge in [-0.2, -0.15) is 10.5 Å². The number of fused-ring (bicyclic) bond motifs is 6. The molecule has 0 aliphatic carbocycles. The molecule has 2 atom stereocenters. The third kappa shape index (κ3) is 3.52. The molecule has 1 fully saturated rings. The monoisotopic (exact) mass is 543 g/mol. The standard InChI is InChI=1S/C32H22ClN5O2/c1-19-8-7-9-20(2)29(19)36-31-28(21-14-15-27(38(39)40)25(33)16-21)32(17-34,18-35)30-24-12-4-3-10-22(24)23-11-5-6-13-26(23)37(30)31/h3-16,28,30H,1-2H3. The fourth-order valence-corrected chi connectivity index (χ4v) is 6.39. The first kappa shape index (κ1) is 25.3. The van der Waals surface area contributed by atoms with Gasteiger partial charge in [-0.15, -0.1) is 0 Å². The summed E-state index contributed by atoms with van der Waals surface area (Å²) >= 11 is 6.39. The highest BCUT2D eigenvalue weighted by molar-refractivity contribution is 6.32. The Morgan fingerprint density at radius 1 is 0.925 bits per heavy atom. The zero-order chi connectivity index (χ0) is 28.2. The number of benzene rings is 4. The molecule has 2 heterocycles. The number of anilines is 1. The van der Waals surface area contributed by atoms with Gasteiger partial charge in [-0.25, -0.2) is 4.99 Å². The molecule has 0 bridgehead atoms. The van der Waals surface area contributed by atoms with E-state index in [0.29, 0.717) is 11.4 Å². The zero-order valence-corrected chi connectivity index (χ0v) is 22.4. The molecule has 0 saturated carbocycles. The molecular weight excluding hydrogens is 522 g/mol. The Bertz CT molecular complexity index is 1800. The lowest BCUT2D eigenvalue weighted by atomic mass is 9.69. The van der Waals surface area contributed by atoms with Gasteiger partial charge in [0.15, 0.2) is 5.41 Å². The minimum Gasteiger partial charge on any atom is -0.318 e. The number of nitriles is 2. The predicted octanol–water partition coefficient (Wildman–Crippen LogP) is 7.95. The van der Waals surface area contributed by atoms with Crippen LogP contribution >= 0.6 is 11.6 Å². The van der Waals surface area contributed by atoms with Crippen molar-refractivity contribution in [1.82, 2.24) is 0 Å². The maximum Gasteiger partial charge on any atom is 0.287 e. The van der Waals surface area contributed by atoms with E-state index in [2.05, 4.69) is 12.1 Å². The minimum atomic E-state index is -1.63. The van der Waals surface area contributed by atoms with Gasteiger partial charge in [0.2, 0.25) is 0 Å². The molecule has 0 aromatic heterocycles. The smallest absolute Gasteiger partial charge is 0.287 e. The summed E-state index contributed by atoms with van der Waals surface area (Å²) in [5.74, 6) is -0.346. The molecule has 0 radical (unpaired) electrons. The number of halogens is 1. The lowest BCUT2D eigenvalue weighted by Crippen LogP contribution is -2.35. The van der Waals surface area contributed by atoms with E-state index in [4.69, 9.17) is 16.6 Å². The zero-order valence-electron chi connectivity index (χ0n) is 21.7. The normalized spacial score (nSPS) is 19.2. The Hall–Kier alpha value is -4.98. The highest BCUT2D eigenvalue weighted by Gasteiger charge is 2.62. The topological polar surface area (TPSA) is 106 Å². The van der Waals surface area contributed by atoms with Gasteiger partial charge in [-0.1, -0.05) is 78.3 Å². The molecule has 1 saturated heterocycles. The Kier molecular flexibility index (Phi) is 5.91. The van der Waals surface area contributed by atoms with Crippen LogP contribution in [0.4, 0.5) is 17.1 Å².